The first-order chi connectivity index (χ1) is 15.8. The van der Waals surface area contributed by atoms with Gasteiger partial charge in [0, 0.05) is 24.3 Å². The van der Waals surface area contributed by atoms with Gasteiger partial charge in [-0.3, -0.25) is 4.79 Å². The molecule has 170 valence electrons. The molecule has 2 aromatic heterocycles. The van der Waals surface area contributed by atoms with Crippen molar-refractivity contribution in [1.29, 1.82) is 0 Å². The van der Waals surface area contributed by atoms with Gasteiger partial charge >= 0.3 is 6.61 Å². The van der Waals surface area contributed by atoms with Crippen LogP contribution in [0.3, 0.4) is 0 Å². The number of rotatable bonds is 7. The Morgan fingerprint density at radius 1 is 1.18 bits per heavy atom. The fraction of sp³-hybridized carbons (Fsp3) is 0.143. The number of hydrogen-bond acceptors (Lipinski definition) is 6. The summed E-state index contributed by atoms with van der Waals surface area (Å²) in [6.45, 7) is -1.30. The molecule has 0 aliphatic rings. The van der Waals surface area contributed by atoms with Gasteiger partial charge in [0.15, 0.2) is 10.9 Å². The molecule has 12 heteroatoms. The molecule has 4 rings (SSSR count). The molecule has 0 aliphatic carbocycles. The molecule has 0 aliphatic heterocycles. The van der Waals surface area contributed by atoms with E-state index in [9.17, 15) is 18.0 Å². The van der Waals surface area contributed by atoms with Gasteiger partial charge in [0.1, 0.15) is 11.6 Å². The van der Waals surface area contributed by atoms with Gasteiger partial charge in [-0.2, -0.15) is 8.78 Å². The van der Waals surface area contributed by atoms with Gasteiger partial charge in [-0.15, -0.1) is 5.10 Å². The highest BCUT2D eigenvalue weighted by Crippen LogP contribution is 2.33. The summed E-state index contributed by atoms with van der Waals surface area (Å²) in [7, 11) is 1.82. The third kappa shape index (κ3) is 5.00. The SMILES string of the molecule is Cc1c(C(=O)Nc2cc(F)ccc2Sc2nccn2C)nnn1-c1ccc(OC(F)F)cc1. The van der Waals surface area contributed by atoms with Crippen molar-refractivity contribution in [2.45, 2.75) is 23.6 Å². The highest BCUT2D eigenvalue weighted by molar-refractivity contribution is 7.99. The Labute approximate surface area is 190 Å². The number of aromatic nitrogens is 5. The molecule has 0 saturated carbocycles. The Morgan fingerprint density at radius 3 is 2.61 bits per heavy atom. The lowest BCUT2D eigenvalue weighted by Gasteiger charge is -2.11. The number of benzene rings is 2. The molecule has 33 heavy (non-hydrogen) atoms. The monoisotopic (exact) mass is 474 g/mol. The van der Waals surface area contributed by atoms with E-state index in [0.29, 0.717) is 21.4 Å². The summed E-state index contributed by atoms with van der Waals surface area (Å²) in [6.07, 6.45) is 3.41. The molecule has 8 nitrogen and oxygen atoms in total. The third-order valence-corrected chi connectivity index (χ3v) is 5.74. The van der Waals surface area contributed by atoms with Gasteiger partial charge in [-0.1, -0.05) is 5.21 Å². The molecule has 1 amide bonds. The number of carbonyl (C=O) groups excluding carboxylic acids is 1. The molecule has 0 atom stereocenters. The van der Waals surface area contributed by atoms with Crippen molar-refractivity contribution in [2.24, 2.45) is 7.05 Å². The second-order valence-corrected chi connectivity index (χ2v) is 7.83. The number of ether oxygens (including phenoxy) is 1. The summed E-state index contributed by atoms with van der Waals surface area (Å²) in [5, 5.41) is 11.3. The quantitative estimate of drug-likeness (QED) is 0.426. The molecule has 0 saturated heterocycles. The maximum absolute atomic E-state index is 13.9. The molecule has 1 N–H and O–H groups in total. The maximum Gasteiger partial charge on any atom is 0.387 e. The molecule has 2 aromatic carbocycles. The van der Waals surface area contributed by atoms with Crippen LogP contribution in [-0.2, 0) is 7.05 Å². The van der Waals surface area contributed by atoms with E-state index in [4.69, 9.17) is 0 Å². The zero-order valence-corrected chi connectivity index (χ0v) is 18.2. The fourth-order valence-corrected chi connectivity index (χ4v) is 3.84. The van der Waals surface area contributed by atoms with Crippen molar-refractivity contribution in [3.05, 3.63) is 72.1 Å². The Hall–Kier alpha value is -3.80. The van der Waals surface area contributed by atoms with E-state index in [-0.39, 0.29) is 17.1 Å². The minimum Gasteiger partial charge on any atom is -0.435 e. The number of halogens is 3. The van der Waals surface area contributed by atoms with Crippen molar-refractivity contribution in [3.63, 3.8) is 0 Å². The minimum atomic E-state index is -2.93. The first kappa shape index (κ1) is 22.4. The average molecular weight is 474 g/mol. The molecule has 0 unspecified atom stereocenters. The largest absolute Gasteiger partial charge is 0.435 e. The zero-order chi connectivity index (χ0) is 23.5. The molecule has 0 fully saturated rings. The number of nitrogens with one attached hydrogen (secondary N) is 1. The van der Waals surface area contributed by atoms with Gasteiger partial charge in [-0.05, 0) is 61.2 Å². The standard InChI is InChI=1S/C21H17F3N6O2S/c1-12-18(27-28-30(12)14-4-6-15(7-5-14)32-20(23)24)19(31)26-16-11-13(22)3-8-17(16)33-21-25-9-10-29(21)2/h3-11,20H,1-2H3,(H,26,31). The number of alkyl halides is 2. The van der Waals surface area contributed by atoms with E-state index >= 15 is 0 Å². The predicted octanol–water partition coefficient (Wildman–Crippen LogP) is 4.45. The summed E-state index contributed by atoms with van der Waals surface area (Å²) in [5.41, 5.74) is 1.19. The number of aryl methyl sites for hydroxylation is 1. The summed E-state index contributed by atoms with van der Waals surface area (Å²) in [4.78, 5) is 17.7. The summed E-state index contributed by atoms with van der Waals surface area (Å²) in [5.74, 6) is -1.10. The molecule has 4 aromatic rings. The molecular weight excluding hydrogens is 457 g/mol. The summed E-state index contributed by atoms with van der Waals surface area (Å²) < 4.78 is 46.1. The maximum atomic E-state index is 13.9. The Bertz CT molecular complexity index is 1290. The summed E-state index contributed by atoms with van der Waals surface area (Å²) in [6, 6.07) is 9.79. The number of carbonyl (C=O) groups is 1. The molecule has 0 bridgehead atoms. The van der Waals surface area contributed by atoms with E-state index in [2.05, 4.69) is 25.3 Å². The first-order valence-corrected chi connectivity index (χ1v) is 10.4. The average Bonchev–Trinajstić information content (AvgIpc) is 3.35. The predicted molar refractivity (Wildman–Crippen MR) is 114 cm³/mol. The number of anilines is 1. The van der Waals surface area contributed by atoms with Crippen LogP contribution in [0.4, 0.5) is 18.9 Å². The van der Waals surface area contributed by atoms with Crippen LogP contribution in [0.1, 0.15) is 16.2 Å². The van der Waals surface area contributed by atoms with E-state index in [1.54, 1.807) is 30.0 Å². The molecule has 0 radical (unpaired) electrons. The van der Waals surface area contributed by atoms with Crippen molar-refractivity contribution in [3.8, 4) is 11.4 Å². The second-order valence-electron chi connectivity index (χ2n) is 6.83. The van der Waals surface area contributed by atoms with Crippen LogP contribution < -0.4 is 10.1 Å². The topological polar surface area (TPSA) is 86.9 Å². The van der Waals surface area contributed by atoms with Crippen LogP contribution in [0.5, 0.6) is 5.75 Å². The third-order valence-electron chi connectivity index (χ3n) is 4.58. The second kappa shape index (κ2) is 9.36. The number of hydrogen-bond donors (Lipinski definition) is 1. The van der Waals surface area contributed by atoms with E-state index in [1.807, 2.05) is 7.05 Å². The van der Waals surface area contributed by atoms with Crippen molar-refractivity contribution in [1.82, 2.24) is 24.5 Å². The van der Waals surface area contributed by atoms with Crippen LogP contribution in [0.25, 0.3) is 5.69 Å². The van der Waals surface area contributed by atoms with Gasteiger partial charge in [0.2, 0.25) is 0 Å². The van der Waals surface area contributed by atoms with E-state index in [0.717, 1.165) is 0 Å². The van der Waals surface area contributed by atoms with Crippen LogP contribution in [-0.4, -0.2) is 37.1 Å². The highest BCUT2D eigenvalue weighted by Gasteiger charge is 2.20. The van der Waals surface area contributed by atoms with Gasteiger partial charge < -0.3 is 14.6 Å². The van der Waals surface area contributed by atoms with Gasteiger partial charge in [0.25, 0.3) is 5.91 Å². The lowest BCUT2D eigenvalue weighted by Crippen LogP contribution is -2.15. The van der Waals surface area contributed by atoms with Gasteiger partial charge in [0.05, 0.1) is 17.1 Å². The number of amides is 1. The van der Waals surface area contributed by atoms with Gasteiger partial charge in [-0.25, -0.2) is 14.1 Å². The summed E-state index contributed by atoms with van der Waals surface area (Å²) >= 11 is 1.27. The van der Waals surface area contributed by atoms with Crippen molar-refractivity contribution >= 4 is 23.4 Å². The van der Waals surface area contributed by atoms with Crippen molar-refractivity contribution < 1.29 is 22.7 Å². The van der Waals surface area contributed by atoms with E-state index in [1.165, 1.54) is 52.8 Å². The number of imidazole rings is 1. The normalized spacial score (nSPS) is 11.1. The lowest BCUT2D eigenvalue weighted by atomic mass is 10.2. The Kier molecular flexibility index (Phi) is 6.36. The molecule has 0 spiro atoms. The zero-order valence-electron chi connectivity index (χ0n) is 17.4. The lowest BCUT2D eigenvalue weighted by molar-refractivity contribution is -0.0498. The Balaban J connectivity index is 1.56. The van der Waals surface area contributed by atoms with Crippen molar-refractivity contribution in [2.75, 3.05) is 5.32 Å². The fourth-order valence-electron chi connectivity index (χ4n) is 2.97. The first-order valence-electron chi connectivity index (χ1n) is 9.55. The number of nitrogens with zero attached hydrogens (tertiary/aromatic N) is 5. The molecule has 2 heterocycles. The minimum absolute atomic E-state index is 0.00618. The molecular formula is C21H17F3N6O2S. The van der Waals surface area contributed by atoms with E-state index < -0.39 is 18.3 Å². The smallest absolute Gasteiger partial charge is 0.387 e. The van der Waals surface area contributed by atoms with Crippen LogP contribution in [0.15, 0.2) is 64.9 Å². The van der Waals surface area contributed by atoms with Crippen LogP contribution in [0, 0.1) is 12.7 Å². The highest BCUT2D eigenvalue weighted by atomic mass is 32.2. The van der Waals surface area contributed by atoms with Crippen LogP contribution in [0.2, 0.25) is 0 Å². The Morgan fingerprint density at radius 2 is 1.94 bits per heavy atom. The van der Waals surface area contributed by atoms with Crippen LogP contribution >= 0.6 is 11.8 Å².